The van der Waals surface area contributed by atoms with Crippen LogP contribution in [0.25, 0.3) is 0 Å². The SMILES string of the molecule is CCCCCCOc1ccc(C(=O)NC(=S)NNC(=O)COc2cc(C)ccc2C(C)C)cc1. The molecule has 0 saturated carbocycles. The van der Waals surface area contributed by atoms with E-state index in [-0.39, 0.29) is 23.5 Å². The van der Waals surface area contributed by atoms with E-state index in [0.717, 1.165) is 29.7 Å². The molecule has 0 bridgehead atoms. The van der Waals surface area contributed by atoms with Crippen molar-refractivity contribution in [3.05, 3.63) is 59.2 Å². The van der Waals surface area contributed by atoms with Crippen molar-refractivity contribution >= 4 is 29.1 Å². The summed E-state index contributed by atoms with van der Waals surface area (Å²) < 4.78 is 11.4. The van der Waals surface area contributed by atoms with Crippen LogP contribution < -0.4 is 25.6 Å². The molecule has 0 aromatic heterocycles. The molecule has 0 unspecified atom stereocenters. The third-order valence-corrected chi connectivity index (χ3v) is 5.28. The zero-order valence-electron chi connectivity index (χ0n) is 20.4. The molecular weight excluding hydrogens is 450 g/mol. The standard InChI is InChI=1S/C26H35N3O4S/c1-5-6-7-8-15-32-21-12-10-20(11-13-21)25(31)27-26(34)29-28-24(30)17-33-23-16-19(4)9-14-22(23)18(2)3/h9-14,16,18H,5-8,15,17H2,1-4H3,(H,28,30)(H2,27,29,31,34). The van der Waals surface area contributed by atoms with Gasteiger partial charge in [-0.1, -0.05) is 52.2 Å². The van der Waals surface area contributed by atoms with Gasteiger partial charge in [-0.2, -0.15) is 0 Å². The number of rotatable bonds is 11. The molecule has 8 heteroatoms. The molecule has 0 aliphatic heterocycles. The lowest BCUT2D eigenvalue weighted by Gasteiger charge is -2.15. The van der Waals surface area contributed by atoms with Crippen LogP contribution in [0, 0.1) is 6.92 Å². The normalized spacial score (nSPS) is 10.5. The molecule has 0 spiro atoms. The monoisotopic (exact) mass is 485 g/mol. The summed E-state index contributed by atoms with van der Waals surface area (Å²) in [6.07, 6.45) is 4.55. The minimum absolute atomic E-state index is 0.0203. The number of hydrazine groups is 1. The smallest absolute Gasteiger partial charge is 0.276 e. The molecule has 0 aliphatic rings. The first-order valence-corrected chi connectivity index (χ1v) is 12.1. The molecule has 0 radical (unpaired) electrons. The second-order valence-corrected chi connectivity index (χ2v) is 8.78. The number of aryl methyl sites for hydroxylation is 1. The molecule has 7 nitrogen and oxygen atoms in total. The molecule has 2 rings (SSSR count). The van der Waals surface area contributed by atoms with Crippen LogP contribution in [0.15, 0.2) is 42.5 Å². The van der Waals surface area contributed by atoms with E-state index in [1.807, 2.05) is 25.1 Å². The number of carbonyl (C=O) groups excluding carboxylic acids is 2. The lowest BCUT2D eigenvalue weighted by Crippen LogP contribution is -2.49. The Labute approximate surface area is 207 Å². The molecule has 0 saturated heterocycles. The Morgan fingerprint density at radius 3 is 2.38 bits per heavy atom. The topological polar surface area (TPSA) is 88.7 Å². The molecule has 184 valence electrons. The Kier molecular flexibility index (Phi) is 11.3. The summed E-state index contributed by atoms with van der Waals surface area (Å²) in [5.74, 6) is 0.850. The first-order chi connectivity index (χ1) is 16.3. The number of benzene rings is 2. The summed E-state index contributed by atoms with van der Waals surface area (Å²) in [7, 11) is 0. The average molecular weight is 486 g/mol. The maximum atomic E-state index is 12.4. The van der Waals surface area contributed by atoms with Gasteiger partial charge in [0.25, 0.3) is 11.8 Å². The first-order valence-electron chi connectivity index (χ1n) is 11.7. The highest BCUT2D eigenvalue weighted by atomic mass is 32.1. The van der Waals surface area contributed by atoms with Crippen molar-refractivity contribution in [1.82, 2.24) is 16.2 Å². The van der Waals surface area contributed by atoms with Crippen LogP contribution in [-0.2, 0) is 4.79 Å². The lowest BCUT2D eigenvalue weighted by atomic mass is 10.0. The van der Waals surface area contributed by atoms with Crippen LogP contribution in [-0.4, -0.2) is 30.1 Å². The third-order valence-electron chi connectivity index (χ3n) is 5.08. The van der Waals surface area contributed by atoms with Crippen LogP contribution in [0.1, 0.15) is 73.9 Å². The van der Waals surface area contributed by atoms with Crippen LogP contribution in [0.5, 0.6) is 11.5 Å². The summed E-state index contributed by atoms with van der Waals surface area (Å²) in [4.78, 5) is 24.5. The number of carbonyl (C=O) groups is 2. The summed E-state index contributed by atoms with van der Waals surface area (Å²) in [5, 5.41) is 2.51. The van der Waals surface area contributed by atoms with E-state index in [1.165, 1.54) is 12.8 Å². The molecule has 2 aromatic carbocycles. The van der Waals surface area contributed by atoms with E-state index >= 15 is 0 Å². The van der Waals surface area contributed by atoms with Gasteiger partial charge in [0.1, 0.15) is 11.5 Å². The van der Waals surface area contributed by atoms with Crippen LogP contribution >= 0.6 is 12.2 Å². The molecule has 0 heterocycles. The molecule has 3 N–H and O–H groups in total. The van der Waals surface area contributed by atoms with Crippen molar-refractivity contribution < 1.29 is 19.1 Å². The number of nitrogens with one attached hydrogen (secondary N) is 3. The molecule has 34 heavy (non-hydrogen) atoms. The average Bonchev–Trinajstić information content (AvgIpc) is 2.81. The van der Waals surface area contributed by atoms with Gasteiger partial charge in [0, 0.05) is 5.56 Å². The minimum atomic E-state index is -0.423. The molecule has 0 aliphatic carbocycles. The number of amides is 2. The fraction of sp³-hybridized carbons (Fsp3) is 0.423. The van der Waals surface area contributed by atoms with Gasteiger partial charge in [0.15, 0.2) is 11.7 Å². The second kappa shape index (κ2) is 14.2. The van der Waals surface area contributed by atoms with Crippen molar-refractivity contribution in [3.8, 4) is 11.5 Å². The van der Waals surface area contributed by atoms with Gasteiger partial charge in [-0.15, -0.1) is 0 Å². The Bertz CT molecular complexity index is 961. The quantitative estimate of drug-likeness (QED) is 0.241. The Hall–Kier alpha value is -3.13. The van der Waals surface area contributed by atoms with Gasteiger partial charge in [0.05, 0.1) is 6.61 Å². The van der Waals surface area contributed by atoms with Gasteiger partial charge >= 0.3 is 0 Å². The van der Waals surface area contributed by atoms with E-state index in [0.29, 0.717) is 17.9 Å². The maximum Gasteiger partial charge on any atom is 0.276 e. The second-order valence-electron chi connectivity index (χ2n) is 8.37. The van der Waals surface area contributed by atoms with Gasteiger partial charge in [-0.3, -0.25) is 25.8 Å². The molecule has 2 amide bonds. The van der Waals surface area contributed by atoms with Gasteiger partial charge in [0.2, 0.25) is 0 Å². The fourth-order valence-electron chi connectivity index (χ4n) is 3.18. The van der Waals surface area contributed by atoms with E-state index in [2.05, 4.69) is 36.9 Å². The van der Waals surface area contributed by atoms with E-state index in [1.54, 1.807) is 24.3 Å². The van der Waals surface area contributed by atoms with E-state index in [9.17, 15) is 9.59 Å². The van der Waals surface area contributed by atoms with Gasteiger partial charge < -0.3 is 9.47 Å². The number of thiocarbonyl (C=S) groups is 1. The summed E-state index contributed by atoms with van der Waals surface area (Å²) in [5.41, 5.74) is 7.46. The van der Waals surface area contributed by atoms with Crippen LogP contribution in [0.2, 0.25) is 0 Å². The Balaban J connectivity index is 1.73. The Morgan fingerprint density at radius 2 is 1.71 bits per heavy atom. The number of hydrogen-bond acceptors (Lipinski definition) is 5. The highest BCUT2D eigenvalue weighted by Gasteiger charge is 2.12. The highest BCUT2D eigenvalue weighted by molar-refractivity contribution is 7.80. The van der Waals surface area contributed by atoms with E-state index < -0.39 is 5.91 Å². The molecule has 2 aromatic rings. The Morgan fingerprint density at radius 1 is 0.971 bits per heavy atom. The molecular formula is C26H35N3O4S. The number of ether oxygens (including phenoxy) is 2. The number of unbranched alkanes of at least 4 members (excludes halogenated alkanes) is 3. The fourth-order valence-corrected chi connectivity index (χ4v) is 3.32. The predicted molar refractivity (Wildman–Crippen MR) is 138 cm³/mol. The minimum Gasteiger partial charge on any atom is -0.494 e. The lowest BCUT2D eigenvalue weighted by molar-refractivity contribution is -0.123. The van der Waals surface area contributed by atoms with Crippen LogP contribution in [0.4, 0.5) is 0 Å². The zero-order chi connectivity index (χ0) is 24.9. The summed E-state index contributed by atoms with van der Waals surface area (Å²) in [6.45, 7) is 8.74. The van der Waals surface area contributed by atoms with Crippen LogP contribution in [0.3, 0.4) is 0 Å². The van der Waals surface area contributed by atoms with Gasteiger partial charge in [-0.25, -0.2) is 0 Å². The van der Waals surface area contributed by atoms with Crippen molar-refractivity contribution in [2.45, 2.75) is 59.3 Å². The van der Waals surface area contributed by atoms with Gasteiger partial charge in [-0.05, 0) is 72.9 Å². The summed E-state index contributed by atoms with van der Waals surface area (Å²) >= 11 is 5.09. The van der Waals surface area contributed by atoms with Crippen molar-refractivity contribution in [1.29, 1.82) is 0 Å². The predicted octanol–water partition coefficient (Wildman–Crippen LogP) is 4.79. The molecule has 0 atom stereocenters. The van der Waals surface area contributed by atoms with Crippen molar-refractivity contribution in [3.63, 3.8) is 0 Å². The third kappa shape index (κ3) is 9.39. The zero-order valence-corrected chi connectivity index (χ0v) is 21.2. The first kappa shape index (κ1) is 27.1. The largest absolute Gasteiger partial charge is 0.494 e. The molecule has 0 fully saturated rings. The summed E-state index contributed by atoms with van der Waals surface area (Å²) in [6, 6.07) is 12.8. The maximum absolute atomic E-state index is 12.4. The highest BCUT2D eigenvalue weighted by Crippen LogP contribution is 2.27. The number of hydrogen-bond donors (Lipinski definition) is 3. The van der Waals surface area contributed by atoms with E-state index in [4.69, 9.17) is 21.7 Å². The van der Waals surface area contributed by atoms with Crippen molar-refractivity contribution in [2.75, 3.05) is 13.2 Å². The van der Waals surface area contributed by atoms with Crippen molar-refractivity contribution in [2.24, 2.45) is 0 Å².